The van der Waals surface area contributed by atoms with Crippen LogP contribution in [0.2, 0.25) is 0 Å². The summed E-state index contributed by atoms with van der Waals surface area (Å²) >= 11 is 0. The van der Waals surface area contributed by atoms with Gasteiger partial charge in [0.15, 0.2) is 0 Å². The van der Waals surface area contributed by atoms with Crippen molar-refractivity contribution in [2.24, 2.45) is 0 Å². The van der Waals surface area contributed by atoms with Gasteiger partial charge in [-0.3, -0.25) is 14.4 Å². The SMILES string of the molecule is CS(=O)NC(=O)c1cc(C2CC2)c(OC2CCCN(Cc3ccc(-c4ccccc4)cc3)C2)cc1F. The van der Waals surface area contributed by atoms with Crippen LogP contribution in [-0.4, -0.2) is 40.5 Å². The van der Waals surface area contributed by atoms with E-state index in [0.29, 0.717) is 5.75 Å². The molecule has 3 aromatic carbocycles. The van der Waals surface area contributed by atoms with Gasteiger partial charge >= 0.3 is 0 Å². The summed E-state index contributed by atoms with van der Waals surface area (Å²) in [4.78, 5) is 14.7. The summed E-state index contributed by atoms with van der Waals surface area (Å²) in [6.45, 7) is 2.60. The van der Waals surface area contributed by atoms with E-state index in [1.54, 1.807) is 6.07 Å². The number of benzene rings is 3. The van der Waals surface area contributed by atoms with Crippen LogP contribution in [0.25, 0.3) is 11.1 Å². The van der Waals surface area contributed by atoms with Gasteiger partial charge in [-0.15, -0.1) is 0 Å². The lowest BCUT2D eigenvalue weighted by Crippen LogP contribution is -2.40. The molecule has 1 aliphatic carbocycles. The number of piperidine rings is 1. The Morgan fingerprint density at radius 1 is 1.06 bits per heavy atom. The first kappa shape index (κ1) is 24.7. The molecule has 188 valence electrons. The first-order chi connectivity index (χ1) is 17.5. The number of ether oxygens (including phenoxy) is 1. The summed E-state index contributed by atoms with van der Waals surface area (Å²) in [5.41, 5.74) is 4.46. The fourth-order valence-electron chi connectivity index (χ4n) is 4.87. The van der Waals surface area contributed by atoms with E-state index in [1.165, 1.54) is 29.0 Å². The summed E-state index contributed by atoms with van der Waals surface area (Å²) in [7, 11) is -1.55. The van der Waals surface area contributed by atoms with Gasteiger partial charge in [0.2, 0.25) is 0 Å². The van der Waals surface area contributed by atoms with Crippen LogP contribution < -0.4 is 9.46 Å². The van der Waals surface area contributed by atoms with Crippen molar-refractivity contribution in [1.29, 1.82) is 0 Å². The van der Waals surface area contributed by atoms with Crippen molar-refractivity contribution < 1.29 is 18.1 Å². The van der Waals surface area contributed by atoms with Gasteiger partial charge in [-0.05, 0) is 66.5 Å². The molecule has 0 aromatic heterocycles. The average Bonchev–Trinajstić information content (AvgIpc) is 3.70. The zero-order chi connectivity index (χ0) is 25.1. The van der Waals surface area contributed by atoms with E-state index in [1.807, 2.05) is 18.2 Å². The first-order valence-corrected chi connectivity index (χ1v) is 14.0. The van der Waals surface area contributed by atoms with Gasteiger partial charge < -0.3 is 4.74 Å². The summed E-state index contributed by atoms with van der Waals surface area (Å²) in [5, 5.41) is 0. The smallest absolute Gasteiger partial charge is 0.265 e. The van der Waals surface area contributed by atoms with Gasteiger partial charge in [-0.2, -0.15) is 0 Å². The number of rotatable bonds is 8. The third-order valence-corrected chi connectivity index (χ3v) is 7.29. The van der Waals surface area contributed by atoms with Crippen molar-refractivity contribution in [3.63, 3.8) is 0 Å². The molecule has 3 aromatic rings. The predicted molar refractivity (Wildman–Crippen MR) is 141 cm³/mol. The molecule has 1 amide bonds. The zero-order valence-electron chi connectivity index (χ0n) is 20.4. The van der Waals surface area contributed by atoms with Crippen molar-refractivity contribution in [3.05, 3.63) is 89.2 Å². The molecule has 0 radical (unpaired) electrons. The number of nitrogens with zero attached hydrogens (tertiary/aromatic N) is 1. The lowest BCUT2D eigenvalue weighted by atomic mass is 10.0. The molecule has 36 heavy (non-hydrogen) atoms. The third-order valence-electron chi connectivity index (χ3n) is 6.82. The highest BCUT2D eigenvalue weighted by Crippen LogP contribution is 2.45. The molecule has 1 saturated heterocycles. The van der Waals surface area contributed by atoms with Crippen LogP contribution in [0.15, 0.2) is 66.7 Å². The van der Waals surface area contributed by atoms with E-state index in [9.17, 15) is 13.4 Å². The molecule has 2 fully saturated rings. The number of likely N-dealkylation sites (tertiary alicyclic amines) is 1. The van der Waals surface area contributed by atoms with Crippen LogP contribution in [0.3, 0.4) is 0 Å². The van der Waals surface area contributed by atoms with Crippen molar-refractivity contribution in [1.82, 2.24) is 9.62 Å². The maximum atomic E-state index is 14.8. The zero-order valence-corrected chi connectivity index (χ0v) is 21.2. The number of halogens is 1. The number of amides is 1. The fourth-order valence-corrected chi connectivity index (χ4v) is 5.24. The molecule has 5 nitrogen and oxygen atoms in total. The van der Waals surface area contributed by atoms with Gasteiger partial charge in [0.1, 0.15) is 28.7 Å². The van der Waals surface area contributed by atoms with E-state index in [2.05, 4.69) is 46.0 Å². The summed E-state index contributed by atoms with van der Waals surface area (Å²) in [6, 6.07) is 22.0. The molecule has 5 rings (SSSR count). The molecule has 7 heteroatoms. The van der Waals surface area contributed by atoms with E-state index < -0.39 is 22.7 Å². The lowest BCUT2D eigenvalue weighted by molar-refractivity contribution is 0.0832. The second kappa shape index (κ2) is 10.9. The molecule has 1 saturated carbocycles. The standard InChI is InChI=1S/C29H31FN2O3S/c1-36(34)31-29(33)26-16-25(23-13-14-23)28(17-27(26)30)35-24-8-5-15-32(19-24)18-20-9-11-22(12-10-20)21-6-3-2-4-7-21/h2-4,6-7,9-12,16-17,23-24H,5,8,13-15,18-19H2,1H3,(H,31,33). The summed E-state index contributed by atoms with van der Waals surface area (Å²) < 4.78 is 34.8. The van der Waals surface area contributed by atoms with Gasteiger partial charge in [0.05, 0.1) is 5.56 Å². The van der Waals surface area contributed by atoms with Crippen molar-refractivity contribution in [3.8, 4) is 16.9 Å². The van der Waals surface area contributed by atoms with Crippen LogP contribution >= 0.6 is 0 Å². The molecule has 1 heterocycles. The van der Waals surface area contributed by atoms with Crippen LogP contribution in [0.1, 0.15) is 53.1 Å². The Hall–Kier alpha value is -3.03. The van der Waals surface area contributed by atoms with Gasteiger partial charge in [0, 0.05) is 25.4 Å². The van der Waals surface area contributed by atoms with Crippen LogP contribution in [0.4, 0.5) is 4.39 Å². The Kier molecular flexibility index (Phi) is 7.48. The van der Waals surface area contributed by atoms with Gasteiger partial charge in [0.25, 0.3) is 5.91 Å². The topological polar surface area (TPSA) is 58.6 Å². The highest BCUT2D eigenvalue weighted by atomic mass is 32.2. The van der Waals surface area contributed by atoms with Crippen LogP contribution in [0, 0.1) is 5.82 Å². The summed E-state index contributed by atoms with van der Waals surface area (Å²) in [5.74, 6) is -0.502. The quantitative estimate of drug-likeness (QED) is 0.442. The van der Waals surface area contributed by atoms with E-state index in [4.69, 9.17) is 4.74 Å². The number of carbonyl (C=O) groups excluding carboxylic acids is 1. The Morgan fingerprint density at radius 3 is 2.47 bits per heavy atom. The Labute approximate surface area is 214 Å². The Morgan fingerprint density at radius 2 is 1.78 bits per heavy atom. The molecular formula is C29H31FN2O3S. The number of nitrogens with one attached hydrogen (secondary N) is 1. The Bertz CT molecular complexity index is 1250. The molecule has 0 spiro atoms. The molecule has 1 aliphatic heterocycles. The maximum Gasteiger partial charge on any atom is 0.265 e. The minimum absolute atomic E-state index is 0.0398. The molecule has 2 atom stereocenters. The molecule has 2 aliphatic rings. The number of hydrogen-bond acceptors (Lipinski definition) is 4. The van der Waals surface area contributed by atoms with E-state index >= 15 is 0 Å². The summed E-state index contributed by atoms with van der Waals surface area (Å²) in [6.07, 6.45) is 5.23. The predicted octanol–water partition coefficient (Wildman–Crippen LogP) is 5.44. The lowest BCUT2D eigenvalue weighted by Gasteiger charge is -2.33. The molecule has 2 unspecified atom stereocenters. The molecule has 0 bridgehead atoms. The minimum Gasteiger partial charge on any atom is -0.489 e. The molecule has 1 N–H and O–H groups in total. The highest BCUT2D eigenvalue weighted by molar-refractivity contribution is 7.82. The second-order valence-corrected chi connectivity index (χ2v) is 10.8. The Balaban J connectivity index is 1.25. The highest BCUT2D eigenvalue weighted by Gasteiger charge is 2.31. The van der Waals surface area contributed by atoms with Crippen LogP contribution in [-0.2, 0) is 17.5 Å². The number of carbonyl (C=O) groups is 1. The molecular weight excluding hydrogens is 475 g/mol. The average molecular weight is 507 g/mol. The number of hydrogen-bond donors (Lipinski definition) is 1. The second-order valence-electron chi connectivity index (χ2n) is 9.71. The largest absolute Gasteiger partial charge is 0.489 e. The normalized spacial score (nSPS) is 19.0. The fraction of sp³-hybridized carbons (Fsp3) is 0.345. The van der Waals surface area contributed by atoms with Crippen molar-refractivity contribution in [2.45, 2.75) is 44.2 Å². The monoisotopic (exact) mass is 506 g/mol. The van der Waals surface area contributed by atoms with E-state index in [0.717, 1.165) is 50.9 Å². The van der Waals surface area contributed by atoms with E-state index in [-0.39, 0.29) is 17.6 Å². The maximum absolute atomic E-state index is 14.8. The third kappa shape index (κ3) is 6.02. The minimum atomic E-state index is -1.55. The van der Waals surface area contributed by atoms with Crippen LogP contribution in [0.5, 0.6) is 5.75 Å². The van der Waals surface area contributed by atoms with Gasteiger partial charge in [-0.1, -0.05) is 54.6 Å². The van der Waals surface area contributed by atoms with Crippen molar-refractivity contribution in [2.75, 3.05) is 19.3 Å². The van der Waals surface area contributed by atoms with Crippen molar-refractivity contribution >= 4 is 16.9 Å². The first-order valence-electron chi connectivity index (χ1n) is 12.5. The van der Waals surface area contributed by atoms with Gasteiger partial charge in [-0.25, -0.2) is 8.60 Å².